The Balaban J connectivity index is 1.60. The summed E-state index contributed by atoms with van der Waals surface area (Å²) in [5.41, 5.74) is 2.85. The number of amides is 1. The lowest BCUT2D eigenvalue weighted by atomic mass is 9.87. The van der Waals surface area contributed by atoms with Crippen LogP contribution in [-0.4, -0.2) is 31.9 Å². The maximum Gasteiger partial charge on any atom is 0.234 e. The Morgan fingerprint density at radius 2 is 1.78 bits per heavy atom. The summed E-state index contributed by atoms with van der Waals surface area (Å²) < 4.78 is 1.58. The Morgan fingerprint density at radius 1 is 1.11 bits per heavy atom. The van der Waals surface area contributed by atoms with E-state index in [1.165, 1.54) is 17.3 Å². The molecule has 3 rings (SSSR count). The summed E-state index contributed by atoms with van der Waals surface area (Å²) in [6.45, 7) is 6.46. The van der Waals surface area contributed by atoms with Crippen LogP contribution in [0.1, 0.15) is 26.3 Å². The highest BCUT2D eigenvalue weighted by atomic mass is 35.5. The fourth-order valence-electron chi connectivity index (χ4n) is 2.39. The van der Waals surface area contributed by atoms with Crippen molar-refractivity contribution < 1.29 is 4.79 Å². The monoisotopic (exact) mass is 401 g/mol. The van der Waals surface area contributed by atoms with Crippen LogP contribution in [0, 0.1) is 0 Å². The highest BCUT2D eigenvalue weighted by Gasteiger charge is 2.14. The molecule has 0 aliphatic carbocycles. The van der Waals surface area contributed by atoms with Crippen molar-refractivity contribution in [3.05, 3.63) is 59.1 Å². The third-order valence-corrected chi connectivity index (χ3v) is 5.05. The van der Waals surface area contributed by atoms with Crippen molar-refractivity contribution in [2.24, 2.45) is 0 Å². The van der Waals surface area contributed by atoms with Gasteiger partial charge >= 0.3 is 0 Å². The van der Waals surface area contributed by atoms with Crippen molar-refractivity contribution in [1.29, 1.82) is 0 Å². The van der Waals surface area contributed by atoms with Gasteiger partial charge in [0.25, 0.3) is 0 Å². The van der Waals surface area contributed by atoms with Crippen molar-refractivity contribution in [2.75, 3.05) is 11.1 Å². The average Bonchev–Trinajstić information content (AvgIpc) is 3.09. The van der Waals surface area contributed by atoms with Crippen LogP contribution in [0.3, 0.4) is 0 Å². The number of aromatic nitrogens is 4. The molecule has 2 aromatic carbocycles. The molecule has 0 radical (unpaired) electrons. The molecule has 3 aromatic rings. The fraction of sp³-hybridized carbons (Fsp3) is 0.263. The van der Waals surface area contributed by atoms with Crippen molar-refractivity contribution in [2.45, 2.75) is 31.3 Å². The van der Waals surface area contributed by atoms with Gasteiger partial charge in [-0.2, -0.15) is 4.68 Å². The molecule has 0 unspecified atom stereocenters. The Hall–Kier alpha value is -2.38. The second-order valence-electron chi connectivity index (χ2n) is 7.01. The predicted octanol–water partition coefficient (Wildman–Crippen LogP) is 4.34. The van der Waals surface area contributed by atoms with Crippen LogP contribution in [0.15, 0.2) is 53.7 Å². The largest absolute Gasteiger partial charge is 0.325 e. The van der Waals surface area contributed by atoms with Crippen molar-refractivity contribution in [3.63, 3.8) is 0 Å². The lowest BCUT2D eigenvalue weighted by Crippen LogP contribution is -2.15. The van der Waals surface area contributed by atoms with Crippen LogP contribution >= 0.6 is 23.4 Å². The summed E-state index contributed by atoms with van der Waals surface area (Å²) in [7, 11) is 0. The fourth-order valence-corrected chi connectivity index (χ4v) is 3.21. The molecule has 0 atom stereocenters. The van der Waals surface area contributed by atoms with E-state index in [4.69, 9.17) is 11.6 Å². The number of benzene rings is 2. The van der Waals surface area contributed by atoms with Crippen molar-refractivity contribution >= 4 is 35.0 Å². The number of nitrogens with zero attached hydrogens (tertiary/aromatic N) is 4. The van der Waals surface area contributed by atoms with Gasteiger partial charge in [0.05, 0.1) is 11.4 Å². The minimum atomic E-state index is -0.117. The smallest absolute Gasteiger partial charge is 0.234 e. The Bertz CT molecular complexity index is 917. The normalized spacial score (nSPS) is 11.4. The Labute approximate surface area is 167 Å². The van der Waals surface area contributed by atoms with Gasteiger partial charge in [0, 0.05) is 10.7 Å². The van der Waals surface area contributed by atoms with Gasteiger partial charge in [0.1, 0.15) is 0 Å². The van der Waals surface area contributed by atoms with Gasteiger partial charge in [-0.15, -0.1) is 5.10 Å². The van der Waals surface area contributed by atoms with E-state index in [1.54, 1.807) is 16.8 Å². The van der Waals surface area contributed by atoms with Crippen molar-refractivity contribution in [1.82, 2.24) is 20.2 Å². The molecular weight excluding hydrogens is 382 g/mol. The molecule has 8 heteroatoms. The van der Waals surface area contributed by atoms with E-state index in [9.17, 15) is 4.79 Å². The summed E-state index contributed by atoms with van der Waals surface area (Å²) in [5.74, 6) is 0.0868. The summed E-state index contributed by atoms with van der Waals surface area (Å²) in [6.07, 6.45) is 0. The quantitative estimate of drug-likeness (QED) is 0.643. The Kier molecular flexibility index (Phi) is 5.82. The molecule has 0 saturated heterocycles. The van der Waals surface area contributed by atoms with E-state index in [0.717, 1.165) is 11.4 Å². The number of nitrogens with one attached hydrogen (secondary N) is 1. The van der Waals surface area contributed by atoms with Crippen LogP contribution in [-0.2, 0) is 10.2 Å². The van der Waals surface area contributed by atoms with Gasteiger partial charge in [-0.05, 0) is 57.8 Å². The summed E-state index contributed by atoms with van der Waals surface area (Å²) >= 11 is 7.18. The van der Waals surface area contributed by atoms with Gasteiger partial charge in [-0.1, -0.05) is 56.3 Å². The zero-order valence-corrected chi connectivity index (χ0v) is 16.9. The first-order valence-corrected chi connectivity index (χ1v) is 9.77. The van der Waals surface area contributed by atoms with E-state index in [2.05, 4.69) is 41.6 Å². The predicted molar refractivity (Wildman–Crippen MR) is 109 cm³/mol. The number of hydrogen-bond acceptors (Lipinski definition) is 5. The molecule has 0 aliphatic rings. The first-order valence-electron chi connectivity index (χ1n) is 8.40. The SMILES string of the molecule is CC(C)(C)c1ccc(NC(=O)CSc2nnnn2-c2ccc(Cl)cc2)cc1. The van der Waals surface area contributed by atoms with E-state index < -0.39 is 0 Å². The standard InChI is InChI=1S/C19H20ClN5OS/c1-19(2,3)13-4-8-15(9-5-13)21-17(26)12-27-18-22-23-24-25(18)16-10-6-14(20)7-11-16/h4-11H,12H2,1-3H3,(H,21,26). The van der Waals surface area contributed by atoms with Gasteiger partial charge in [0.15, 0.2) is 0 Å². The molecule has 1 heterocycles. The van der Waals surface area contributed by atoms with Crippen LogP contribution in [0.4, 0.5) is 5.69 Å². The molecule has 1 aromatic heterocycles. The molecule has 1 N–H and O–H groups in total. The zero-order valence-electron chi connectivity index (χ0n) is 15.3. The van der Waals surface area contributed by atoms with Gasteiger partial charge in [-0.25, -0.2) is 0 Å². The van der Waals surface area contributed by atoms with Crippen LogP contribution in [0.5, 0.6) is 0 Å². The van der Waals surface area contributed by atoms with E-state index >= 15 is 0 Å². The van der Waals surface area contributed by atoms with Crippen LogP contribution in [0.25, 0.3) is 5.69 Å². The minimum Gasteiger partial charge on any atom is -0.325 e. The lowest BCUT2D eigenvalue weighted by Gasteiger charge is -2.19. The first kappa shape index (κ1) is 19.4. The third-order valence-electron chi connectivity index (χ3n) is 3.88. The molecule has 27 heavy (non-hydrogen) atoms. The second kappa shape index (κ2) is 8.10. The summed E-state index contributed by atoms with van der Waals surface area (Å²) in [6, 6.07) is 15.1. The molecule has 1 amide bonds. The van der Waals surface area contributed by atoms with Gasteiger partial charge in [-0.3, -0.25) is 4.79 Å². The number of carbonyl (C=O) groups excluding carboxylic acids is 1. The molecule has 0 saturated carbocycles. The number of tetrazole rings is 1. The maximum absolute atomic E-state index is 12.3. The van der Waals surface area contributed by atoms with Gasteiger partial charge < -0.3 is 5.32 Å². The highest BCUT2D eigenvalue weighted by Crippen LogP contribution is 2.24. The zero-order chi connectivity index (χ0) is 19.4. The number of anilines is 1. The van der Waals surface area contributed by atoms with E-state index in [1.807, 2.05) is 36.4 Å². The van der Waals surface area contributed by atoms with Crippen LogP contribution in [0.2, 0.25) is 5.02 Å². The number of rotatable bonds is 5. The highest BCUT2D eigenvalue weighted by molar-refractivity contribution is 7.99. The number of hydrogen-bond donors (Lipinski definition) is 1. The molecule has 0 fully saturated rings. The molecule has 0 bridgehead atoms. The molecule has 0 spiro atoms. The summed E-state index contributed by atoms with van der Waals surface area (Å²) in [5, 5.41) is 15.7. The molecular formula is C19H20ClN5OS. The van der Waals surface area contributed by atoms with Crippen LogP contribution < -0.4 is 5.32 Å². The minimum absolute atomic E-state index is 0.0805. The number of thioether (sulfide) groups is 1. The second-order valence-corrected chi connectivity index (χ2v) is 8.39. The first-order chi connectivity index (χ1) is 12.8. The average molecular weight is 402 g/mol. The molecule has 6 nitrogen and oxygen atoms in total. The summed E-state index contributed by atoms with van der Waals surface area (Å²) in [4.78, 5) is 12.3. The maximum atomic E-state index is 12.3. The Morgan fingerprint density at radius 3 is 2.41 bits per heavy atom. The molecule has 0 aliphatic heterocycles. The van der Waals surface area contributed by atoms with Crippen molar-refractivity contribution in [3.8, 4) is 5.69 Å². The van der Waals surface area contributed by atoms with Gasteiger partial charge in [0.2, 0.25) is 11.1 Å². The topological polar surface area (TPSA) is 72.7 Å². The molecule has 140 valence electrons. The third kappa shape index (κ3) is 5.08. The van der Waals surface area contributed by atoms with E-state index in [0.29, 0.717) is 10.2 Å². The number of carbonyl (C=O) groups is 1. The van der Waals surface area contributed by atoms with E-state index in [-0.39, 0.29) is 17.1 Å². The number of halogens is 1. The lowest BCUT2D eigenvalue weighted by molar-refractivity contribution is -0.113.